The van der Waals surface area contributed by atoms with Gasteiger partial charge in [-0.3, -0.25) is 33.7 Å². The van der Waals surface area contributed by atoms with Crippen molar-refractivity contribution in [2.24, 2.45) is 11.3 Å². The molecule has 0 radical (unpaired) electrons. The van der Waals surface area contributed by atoms with Crippen LogP contribution in [0.5, 0.6) is 0 Å². The summed E-state index contributed by atoms with van der Waals surface area (Å²) in [6, 6.07) is -2.07. The Morgan fingerprint density at radius 2 is 1.66 bits per heavy atom. The van der Waals surface area contributed by atoms with Gasteiger partial charge in [0.1, 0.15) is 18.6 Å². The van der Waals surface area contributed by atoms with E-state index in [1.165, 1.54) is 11.8 Å². The average Bonchev–Trinajstić information content (AvgIpc) is 3.15. The number of hydrogen-bond acceptors (Lipinski definition) is 6. The number of piperidine rings is 1. The summed E-state index contributed by atoms with van der Waals surface area (Å²) < 4.78 is 0. The first-order chi connectivity index (χ1) is 17.6. The first-order valence-electron chi connectivity index (χ1n) is 13.2. The van der Waals surface area contributed by atoms with Gasteiger partial charge in [-0.15, -0.1) is 0 Å². The third-order valence-corrected chi connectivity index (χ3v) is 7.17. The van der Waals surface area contributed by atoms with Gasteiger partial charge >= 0.3 is 0 Å². The van der Waals surface area contributed by atoms with Crippen LogP contribution in [0.15, 0.2) is 23.8 Å². The quantitative estimate of drug-likeness (QED) is 0.358. The fraction of sp³-hybridized carbons (Fsp3) is 0.643. The Morgan fingerprint density at radius 3 is 2.16 bits per heavy atom. The molecule has 3 atom stereocenters. The number of likely N-dealkylation sites (tertiary alicyclic amines) is 1. The van der Waals surface area contributed by atoms with Gasteiger partial charge in [0.25, 0.3) is 11.8 Å². The largest absolute Gasteiger partial charge is 0.342 e. The van der Waals surface area contributed by atoms with E-state index < -0.39 is 47.7 Å². The van der Waals surface area contributed by atoms with Crippen LogP contribution in [0.1, 0.15) is 67.7 Å². The van der Waals surface area contributed by atoms with Crippen molar-refractivity contribution in [3.05, 3.63) is 23.8 Å². The monoisotopic (exact) mass is 530 g/mol. The molecule has 1 fully saturated rings. The fourth-order valence-electron chi connectivity index (χ4n) is 4.68. The van der Waals surface area contributed by atoms with Gasteiger partial charge in [0.05, 0.1) is 6.04 Å². The number of imide groups is 1. The number of nitrogens with zero attached hydrogens (tertiary/aromatic N) is 3. The van der Waals surface area contributed by atoms with Crippen molar-refractivity contribution in [1.82, 2.24) is 20.0 Å². The van der Waals surface area contributed by atoms with Crippen molar-refractivity contribution in [3.8, 4) is 0 Å². The zero-order valence-corrected chi connectivity index (χ0v) is 23.9. The van der Waals surface area contributed by atoms with Gasteiger partial charge in [0.2, 0.25) is 17.7 Å². The highest BCUT2D eigenvalue weighted by molar-refractivity contribution is 6.14. The zero-order valence-electron chi connectivity index (χ0n) is 23.9. The second kappa shape index (κ2) is 12.5. The van der Waals surface area contributed by atoms with E-state index in [0.29, 0.717) is 25.0 Å². The van der Waals surface area contributed by atoms with Crippen molar-refractivity contribution in [3.63, 3.8) is 0 Å². The SMILES string of the molecule is CC(=O)/C(C)=C/[C@H](C(C)C)N(C)C(=O)[C@@H](NC(=O)C1CCCCN1C(=O)CN1C(=O)C=CC1=O)C(C)(C)C. The maximum atomic E-state index is 13.8. The number of rotatable bonds is 9. The predicted molar refractivity (Wildman–Crippen MR) is 142 cm³/mol. The van der Waals surface area contributed by atoms with Crippen molar-refractivity contribution in [2.75, 3.05) is 20.1 Å². The number of carbonyl (C=O) groups is 6. The number of allylic oxidation sites excluding steroid dienone is 1. The van der Waals surface area contributed by atoms with Crippen LogP contribution in [0.25, 0.3) is 0 Å². The summed E-state index contributed by atoms with van der Waals surface area (Å²) in [4.78, 5) is 79.9. The Morgan fingerprint density at radius 1 is 1.08 bits per heavy atom. The minimum Gasteiger partial charge on any atom is -0.342 e. The van der Waals surface area contributed by atoms with Crippen LogP contribution in [0.3, 0.4) is 0 Å². The number of hydrogen-bond donors (Lipinski definition) is 1. The van der Waals surface area contributed by atoms with Gasteiger partial charge in [-0.25, -0.2) is 0 Å². The number of likely N-dealkylation sites (N-methyl/N-ethyl adjacent to an activating group) is 1. The molecular formula is C28H42N4O6. The second-order valence-electron chi connectivity index (χ2n) is 11.6. The number of amides is 5. The molecular weight excluding hydrogens is 488 g/mol. The normalized spacial score (nSPS) is 20.0. The van der Waals surface area contributed by atoms with Gasteiger partial charge in [0, 0.05) is 25.7 Å². The van der Waals surface area contributed by atoms with Crippen molar-refractivity contribution in [1.29, 1.82) is 0 Å². The van der Waals surface area contributed by atoms with Crippen LogP contribution in [0.4, 0.5) is 0 Å². The van der Waals surface area contributed by atoms with E-state index in [2.05, 4.69) is 5.32 Å². The Kier molecular flexibility index (Phi) is 10.2. The van der Waals surface area contributed by atoms with Gasteiger partial charge in [-0.1, -0.05) is 40.7 Å². The molecule has 38 heavy (non-hydrogen) atoms. The summed E-state index contributed by atoms with van der Waals surface area (Å²) in [5.41, 5.74) is -0.0907. The smallest absolute Gasteiger partial charge is 0.254 e. The molecule has 0 aromatic rings. The molecule has 0 aromatic carbocycles. The Bertz CT molecular complexity index is 1020. The van der Waals surface area contributed by atoms with Gasteiger partial charge < -0.3 is 15.1 Å². The topological polar surface area (TPSA) is 124 Å². The van der Waals surface area contributed by atoms with Crippen LogP contribution in [-0.2, 0) is 28.8 Å². The molecule has 0 spiro atoms. The number of carbonyl (C=O) groups excluding carboxylic acids is 6. The van der Waals surface area contributed by atoms with Crippen LogP contribution < -0.4 is 5.32 Å². The van der Waals surface area contributed by atoms with Gasteiger partial charge in [-0.05, 0) is 50.0 Å². The molecule has 1 unspecified atom stereocenters. The molecule has 2 rings (SSSR count). The lowest BCUT2D eigenvalue weighted by Gasteiger charge is -2.40. The van der Waals surface area contributed by atoms with E-state index in [0.717, 1.165) is 23.5 Å². The summed E-state index contributed by atoms with van der Waals surface area (Å²) in [6.45, 7) is 12.6. The maximum absolute atomic E-state index is 13.8. The molecule has 1 saturated heterocycles. The lowest BCUT2D eigenvalue weighted by Crippen LogP contribution is -2.61. The number of nitrogens with one attached hydrogen (secondary N) is 1. The van der Waals surface area contributed by atoms with Crippen LogP contribution in [0.2, 0.25) is 0 Å². The maximum Gasteiger partial charge on any atom is 0.254 e. The van der Waals surface area contributed by atoms with Crippen molar-refractivity contribution < 1.29 is 28.8 Å². The third kappa shape index (κ3) is 7.39. The third-order valence-electron chi connectivity index (χ3n) is 7.17. The van der Waals surface area contributed by atoms with E-state index in [9.17, 15) is 28.8 Å². The molecule has 10 nitrogen and oxygen atoms in total. The summed E-state index contributed by atoms with van der Waals surface area (Å²) in [6.07, 6.45) is 5.84. The molecule has 2 aliphatic heterocycles. The standard InChI is InChI=1S/C28H42N4O6/c1-17(2)21(15-18(3)19(4)33)30(8)27(38)25(28(5,6)7)29-26(37)20-11-9-10-14-31(20)24(36)16-32-22(34)12-13-23(32)35/h12-13,15,17,20-21,25H,9-11,14,16H2,1-8H3,(H,29,37)/b18-15+/t20?,21-,25-/m1/s1. The molecule has 1 N–H and O–H groups in total. The van der Waals surface area contributed by atoms with Crippen LogP contribution in [0, 0.1) is 11.3 Å². The first kappa shape index (κ1) is 30.9. The Labute approximate surface area is 225 Å². The van der Waals surface area contributed by atoms with Gasteiger partial charge in [-0.2, -0.15) is 0 Å². The molecule has 0 bridgehead atoms. The lowest BCUT2D eigenvalue weighted by atomic mass is 9.84. The van der Waals surface area contributed by atoms with Crippen LogP contribution in [-0.4, -0.2) is 88.3 Å². The molecule has 0 aliphatic carbocycles. The van der Waals surface area contributed by atoms with Gasteiger partial charge in [0.15, 0.2) is 5.78 Å². The molecule has 10 heteroatoms. The first-order valence-corrected chi connectivity index (χ1v) is 13.2. The highest BCUT2D eigenvalue weighted by Gasteiger charge is 2.41. The van der Waals surface area contributed by atoms with Crippen molar-refractivity contribution >= 4 is 35.3 Å². The fourth-order valence-corrected chi connectivity index (χ4v) is 4.68. The molecule has 210 valence electrons. The minimum absolute atomic E-state index is 0.0199. The summed E-state index contributed by atoms with van der Waals surface area (Å²) in [5, 5.41) is 2.90. The van der Waals surface area contributed by atoms with E-state index >= 15 is 0 Å². The van der Waals surface area contributed by atoms with E-state index in [1.807, 2.05) is 34.6 Å². The highest BCUT2D eigenvalue weighted by atomic mass is 16.2. The average molecular weight is 531 g/mol. The summed E-state index contributed by atoms with van der Waals surface area (Å²) in [7, 11) is 1.66. The minimum atomic E-state index is -0.892. The van der Waals surface area contributed by atoms with E-state index in [4.69, 9.17) is 0 Å². The van der Waals surface area contributed by atoms with E-state index in [-0.39, 0.29) is 23.7 Å². The number of Topliss-reactive ketones (excluding diaryl/α,β-unsaturated/α-hetero) is 1. The van der Waals surface area contributed by atoms with E-state index in [1.54, 1.807) is 24.9 Å². The molecule has 2 aliphatic rings. The second-order valence-corrected chi connectivity index (χ2v) is 11.6. The summed E-state index contributed by atoms with van der Waals surface area (Å²) >= 11 is 0. The molecule has 5 amide bonds. The molecule has 2 heterocycles. The molecule has 0 aromatic heterocycles. The van der Waals surface area contributed by atoms with Crippen molar-refractivity contribution in [2.45, 2.75) is 85.9 Å². The molecule has 0 saturated carbocycles. The predicted octanol–water partition coefficient (Wildman–Crippen LogP) is 1.84. The highest BCUT2D eigenvalue weighted by Crippen LogP contribution is 2.25. The summed E-state index contributed by atoms with van der Waals surface area (Å²) in [5.74, 6) is -2.42. The number of ketones is 1. The Hall–Kier alpha value is -3.30. The zero-order chi connectivity index (χ0) is 28.9. The Balaban J connectivity index is 2.25. The lowest BCUT2D eigenvalue weighted by molar-refractivity contribution is -0.149. The van der Waals surface area contributed by atoms with Crippen LogP contribution >= 0.6 is 0 Å².